The van der Waals surface area contributed by atoms with E-state index in [2.05, 4.69) is 15.9 Å². The number of halogens is 2. The Morgan fingerprint density at radius 2 is 2.23 bits per heavy atom. The minimum absolute atomic E-state index is 0.676. The Morgan fingerprint density at radius 1 is 1.46 bits per heavy atom. The summed E-state index contributed by atoms with van der Waals surface area (Å²) in [6.07, 6.45) is 1.06. The van der Waals surface area contributed by atoms with E-state index in [4.69, 9.17) is 16.3 Å². The van der Waals surface area contributed by atoms with Crippen molar-refractivity contribution >= 4 is 27.5 Å². The fourth-order valence-corrected chi connectivity index (χ4v) is 2.02. The van der Waals surface area contributed by atoms with Crippen molar-refractivity contribution in [3.05, 3.63) is 33.3 Å². The molecule has 0 aliphatic carbocycles. The van der Waals surface area contributed by atoms with Crippen LogP contribution in [0.25, 0.3) is 0 Å². The molecule has 0 aromatic heterocycles. The summed E-state index contributed by atoms with van der Waals surface area (Å²) in [6, 6.07) is 5.91. The van der Waals surface area contributed by atoms with Crippen LogP contribution in [0.5, 0.6) is 0 Å². The fourth-order valence-electron chi connectivity index (χ4n) is 1.41. The summed E-state index contributed by atoms with van der Waals surface area (Å²) in [5.41, 5.74) is 1.28. The second-order valence-electron chi connectivity index (χ2n) is 3.34. The lowest BCUT2D eigenvalue weighted by Crippen LogP contribution is -2.29. The lowest BCUT2D eigenvalue weighted by molar-refractivity contribution is -0.0313. The van der Waals surface area contributed by atoms with Crippen LogP contribution in [0, 0.1) is 5.92 Å². The van der Waals surface area contributed by atoms with Crippen molar-refractivity contribution < 1.29 is 4.74 Å². The second kappa shape index (κ2) is 3.99. The molecule has 70 valence electrons. The van der Waals surface area contributed by atoms with Crippen LogP contribution in [0.2, 0.25) is 5.02 Å². The summed E-state index contributed by atoms with van der Waals surface area (Å²) >= 11 is 9.42. The predicted octanol–water partition coefficient (Wildman–Crippen LogP) is 3.29. The van der Waals surface area contributed by atoms with Gasteiger partial charge >= 0.3 is 0 Å². The first-order chi connectivity index (χ1) is 6.25. The predicted molar refractivity (Wildman–Crippen MR) is 57.2 cm³/mol. The smallest absolute Gasteiger partial charge is 0.0519 e. The van der Waals surface area contributed by atoms with Crippen LogP contribution in [0.3, 0.4) is 0 Å². The Bertz CT molecular complexity index is 310. The molecule has 1 aliphatic rings. The highest BCUT2D eigenvalue weighted by Crippen LogP contribution is 2.25. The molecular weight excluding hydrogens is 251 g/mol. The summed E-state index contributed by atoms with van der Waals surface area (Å²) in [4.78, 5) is 0. The molecule has 0 N–H and O–H groups in total. The van der Waals surface area contributed by atoms with Gasteiger partial charge in [0.05, 0.1) is 13.2 Å². The SMILES string of the molecule is Clc1ccc(Br)c(CC2COC2)c1. The van der Waals surface area contributed by atoms with Gasteiger partial charge in [-0.15, -0.1) is 0 Å². The number of hydrogen-bond acceptors (Lipinski definition) is 1. The van der Waals surface area contributed by atoms with E-state index >= 15 is 0 Å². The molecule has 1 aromatic carbocycles. The topological polar surface area (TPSA) is 9.23 Å². The van der Waals surface area contributed by atoms with Crippen molar-refractivity contribution in [2.45, 2.75) is 6.42 Å². The number of benzene rings is 1. The zero-order valence-corrected chi connectivity index (χ0v) is 9.44. The molecule has 0 radical (unpaired) electrons. The summed E-state index contributed by atoms with van der Waals surface area (Å²) in [6.45, 7) is 1.78. The molecule has 13 heavy (non-hydrogen) atoms. The molecular formula is C10H10BrClO. The van der Waals surface area contributed by atoms with E-state index in [1.807, 2.05) is 18.2 Å². The number of rotatable bonds is 2. The molecule has 1 saturated heterocycles. The van der Waals surface area contributed by atoms with E-state index in [1.165, 1.54) is 5.56 Å². The molecule has 1 nitrogen and oxygen atoms in total. The van der Waals surface area contributed by atoms with Crippen molar-refractivity contribution in [2.75, 3.05) is 13.2 Å². The number of hydrogen-bond donors (Lipinski definition) is 0. The Balaban J connectivity index is 2.13. The van der Waals surface area contributed by atoms with Crippen molar-refractivity contribution in [1.82, 2.24) is 0 Å². The minimum Gasteiger partial charge on any atom is -0.381 e. The number of ether oxygens (including phenoxy) is 1. The second-order valence-corrected chi connectivity index (χ2v) is 4.63. The van der Waals surface area contributed by atoms with Crippen LogP contribution in [0.1, 0.15) is 5.56 Å². The summed E-state index contributed by atoms with van der Waals surface area (Å²) < 4.78 is 6.27. The van der Waals surface area contributed by atoms with Gasteiger partial charge in [0, 0.05) is 15.4 Å². The maximum atomic E-state index is 5.91. The van der Waals surface area contributed by atoms with Crippen LogP contribution < -0.4 is 0 Å². The summed E-state index contributed by atoms with van der Waals surface area (Å²) in [5.74, 6) is 0.676. The van der Waals surface area contributed by atoms with E-state index < -0.39 is 0 Å². The van der Waals surface area contributed by atoms with Gasteiger partial charge in [0.25, 0.3) is 0 Å². The van der Waals surface area contributed by atoms with Gasteiger partial charge in [0.15, 0.2) is 0 Å². The van der Waals surface area contributed by atoms with Crippen molar-refractivity contribution in [2.24, 2.45) is 5.92 Å². The maximum Gasteiger partial charge on any atom is 0.0519 e. The fraction of sp³-hybridized carbons (Fsp3) is 0.400. The normalized spacial score (nSPS) is 17.1. The molecule has 2 rings (SSSR count). The van der Waals surface area contributed by atoms with E-state index in [0.29, 0.717) is 5.92 Å². The van der Waals surface area contributed by atoms with Gasteiger partial charge in [-0.2, -0.15) is 0 Å². The van der Waals surface area contributed by atoms with Gasteiger partial charge in [-0.05, 0) is 30.2 Å². The van der Waals surface area contributed by atoms with Crippen LogP contribution in [-0.2, 0) is 11.2 Å². The van der Waals surface area contributed by atoms with E-state index in [9.17, 15) is 0 Å². The first-order valence-electron chi connectivity index (χ1n) is 4.27. The monoisotopic (exact) mass is 260 g/mol. The molecule has 1 aromatic rings. The average molecular weight is 262 g/mol. The Morgan fingerprint density at radius 3 is 2.85 bits per heavy atom. The Labute approximate surface area is 91.2 Å². The van der Waals surface area contributed by atoms with Crippen molar-refractivity contribution in [3.8, 4) is 0 Å². The van der Waals surface area contributed by atoms with Crippen molar-refractivity contribution in [3.63, 3.8) is 0 Å². The van der Waals surface area contributed by atoms with Crippen LogP contribution in [0.15, 0.2) is 22.7 Å². The first kappa shape index (κ1) is 9.50. The lowest BCUT2D eigenvalue weighted by atomic mass is 9.98. The highest BCUT2D eigenvalue weighted by Gasteiger charge is 2.19. The molecule has 1 heterocycles. The van der Waals surface area contributed by atoms with E-state index in [1.54, 1.807) is 0 Å². The molecule has 1 fully saturated rings. The third-order valence-corrected chi connectivity index (χ3v) is 3.23. The van der Waals surface area contributed by atoms with Crippen LogP contribution in [-0.4, -0.2) is 13.2 Å². The molecule has 0 unspecified atom stereocenters. The molecule has 0 bridgehead atoms. The van der Waals surface area contributed by atoms with Crippen molar-refractivity contribution in [1.29, 1.82) is 0 Å². The quantitative estimate of drug-likeness (QED) is 0.794. The third-order valence-electron chi connectivity index (χ3n) is 2.22. The van der Waals surface area contributed by atoms with Gasteiger partial charge in [-0.1, -0.05) is 27.5 Å². The highest BCUT2D eigenvalue weighted by molar-refractivity contribution is 9.10. The third kappa shape index (κ3) is 2.25. The molecule has 0 amide bonds. The summed E-state index contributed by atoms with van der Waals surface area (Å²) in [7, 11) is 0. The van der Waals surface area contributed by atoms with E-state index in [0.717, 1.165) is 29.1 Å². The zero-order valence-electron chi connectivity index (χ0n) is 7.09. The average Bonchev–Trinajstić information content (AvgIpc) is 2.03. The molecule has 1 aliphatic heterocycles. The minimum atomic E-state index is 0.676. The van der Waals surface area contributed by atoms with Gasteiger partial charge in [0.2, 0.25) is 0 Å². The van der Waals surface area contributed by atoms with E-state index in [-0.39, 0.29) is 0 Å². The Hall–Kier alpha value is -0.0500. The maximum absolute atomic E-state index is 5.91. The largest absolute Gasteiger partial charge is 0.381 e. The standard InChI is InChI=1S/C10H10BrClO/c11-10-2-1-9(12)4-8(10)3-7-5-13-6-7/h1-2,4,7H,3,5-6H2. The lowest BCUT2D eigenvalue weighted by Gasteiger charge is -2.26. The van der Waals surface area contributed by atoms with Gasteiger partial charge in [-0.3, -0.25) is 0 Å². The highest BCUT2D eigenvalue weighted by atomic mass is 79.9. The van der Waals surface area contributed by atoms with Gasteiger partial charge < -0.3 is 4.74 Å². The molecule has 0 saturated carbocycles. The Kier molecular flexibility index (Phi) is 2.92. The molecule has 3 heteroatoms. The summed E-state index contributed by atoms with van der Waals surface area (Å²) in [5, 5.41) is 0.804. The first-order valence-corrected chi connectivity index (χ1v) is 5.44. The molecule has 0 spiro atoms. The van der Waals surface area contributed by atoms with Gasteiger partial charge in [0.1, 0.15) is 0 Å². The zero-order chi connectivity index (χ0) is 9.26. The van der Waals surface area contributed by atoms with Crippen LogP contribution >= 0.6 is 27.5 Å². The molecule has 0 atom stereocenters. The van der Waals surface area contributed by atoms with Crippen LogP contribution in [0.4, 0.5) is 0 Å². The van der Waals surface area contributed by atoms with Gasteiger partial charge in [-0.25, -0.2) is 0 Å².